The molecule has 0 unspecified atom stereocenters. The van der Waals surface area contributed by atoms with Crippen molar-refractivity contribution in [2.24, 2.45) is 5.41 Å². The first-order valence-corrected chi connectivity index (χ1v) is 7.27. The standard InChI is InChI=1S/C15H23N3O3/c1-21-12-15(5-7-16-8-6-15)11-17-13(19)10-18-9-3-2-4-14(18)20/h2-4,9,16H,5-8,10-12H2,1H3,(H,17,19). The van der Waals surface area contributed by atoms with Gasteiger partial charge in [-0.1, -0.05) is 6.07 Å². The van der Waals surface area contributed by atoms with E-state index >= 15 is 0 Å². The molecule has 0 atom stereocenters. The van der Waals surface area contributed by atoms with Crippen molar-refractivity contribution in [3.63, 3.8) is 0 Å². The highest BCUT2D eigenvalue weighted by Gasteiger charge is 2.32. The molecule has 1 aromatic heterocycles. The third-order valence-electron chi connectivity index (χ3n) is 3.99. The van der Waals surface area contributed by atoms with E-state index in [9.17, 15) is 9.59 Å². The number of ether oxygens (including phenoxy) is 1. The predicted octanol–water partition coefficient (Wildman–Crippen LogP) is -0.0193. The summed E-state index contributed by atoms with van der Waals surface area (Å²) in [5.74, 6) is -0.141. The van der Waals surface area contributed by atoms with Gasteiger partial charge in [0.2, 0.25) is 5.91 Å². The molecule has 116 valence electrons. The van der Waals surface area contributed by atoms with E-state index in [-0.39, 0.29) is 23.4 Å². The smallest absolute Gasteiger partial charge is 0.250 e. The minimum absolute atomic E-state index is 0.00267. The van der Waals surface area contributed by atoms with E-state index in [1.54, 1.807) is 25.4 Å². The zero-order chi connectivity index (χ0) is 15.1. The second-order valence-electron chi connectivity index (χ2n) is 5.63. The van der Waals surface area contributed by atoms with E-state index in [4.69, 9.17) is 4.74 Å². The molecule has 0 bridgehead atoms. The topological polar surface area (TPSA) is 72.4 Å². The highest BCUT2D eigenvalue weighted by atomic mass is 16.5. The molecule has 1 aliphatic heterocycles. The number of amides is 1. The first-order valence-electron chi connectivity index (χ1n) is 7.27. The second-order valence-corrected chi connectivity index (χ2v) is 5.63. The van der Waals surface area contributed by atoms with Crippen molar-refractivity contribution < 1.29 is 9.53 Å². The Balaban J connectivity index is 1.90. The lowest BCUT2D eigenvalue weighted by Gasteiger charge is -2.37. The molecule has 1 aliphatic rings. The van der Waals surface area contributed by atoms with E-state index < -0.39 is 0 Å². The van der Waals surface area contributed by atoms with Crippen LogP contribution < -0.4 is 16.2 Å². The average molecular weight is 293 g/mol. The maximum atomic E-state index is 12.0. The molecule has 21 heavy (non-hydrogen) atoms. The van der Waals surface area contributed by atoms with Crippen molar-refractivity contribution in [1.29, 1.82) is 0 Å². The van der Waals surface area contributed by atoms with Crippen LogP contribution in [0.25, 0.3) is 0 Å². The van der Waals surface area contributed by atoms with Crippen molar-refractivity contribution in [2.45, 2.75) is 19.4 Å². The van der Waals surface area contributed by atoms with Gasteiger partial charge >= 0.3 is 0 Å². The quantitative estimate of drug-likeness (QED) is 0.773. The molecule has 1 saturated heterocycles. The van der Waals surface area contributed by atoms with Crippen LogP contribution in [0, 0.1) is 5.41 Å². The van der Waals surface area contributed by atoms with Gasteiger partial charge in [-0.2, -0.15) is 0 Å². The zero-order valence-electron chi connectivity index (χ0n) is 12.4. The van der Waals surface area contributed by atoms with Gasteiger partial charge in [0.15, 0.2) is 0 Å². The van der Waals surface area contributed by atoms with Gasteiger partial charge in [-0.3, -0.25) is 9.59 Å². The van der Waals surface area contributed by atoms with Gasteiger partial charge in [0.1, 0.15) is 6.54 Å². The van der Waals surface area contributed by atoms with Gasteiger partial charge in [0, 0.05) is 31.3 Å². The largest absolute Gasteiger partial charge is 0.384 e. The third-order valence-corrected chi connectivity index (χ3v) is 3.99. The normalized spacial score (nSPS) is 17.4. The fourth-order valence-electron chi connectivity index (χ4n) is 2.72. The summed E-state index contributed by atoms with van der Waals surface area (Å²) in [5.41, 5.74) is -0.168. The number of nitrogens with zero attached hydrogens (tertiary/aromatic N) is 1. The Morgan fingerprint density at radius 3 is 2.86 bits per heavy atom. The molecule has 1 fully saturated rings. The van der Waals surface area contributed by atoms with Crippen LogP contribution in [0.5, 0.6) is 0 Å². The summed E-state index contributed by atoms with van der Waals surface area (Å²) >= 11 is 0. The summed E-state index contributed by atoms with van der Waals surface area (Å²) < 4.78 is 6.72. The van der Waals surface area contributed by atoms with Gasteiger partial charge in [-0.05, 0) is 32.0 Å². The zero-order valence-corrected chi connectivity index (χ0v) is 12.4. The SMILES string of the molecule is COCC1(CNC(=O)Cn2ccccc2=O)CCNCC1. The van der Waals surface area contributed by atoms with Gasteiger partial charge in [-0.25, -0.2) is 0 Å². The van der Waals surface area contributed by atoms with Crippen LogP contribution in [0.1, 0.15) is 12.8 Å². The number of hydrogen-bond donors (Lipinski definition) is 2. The van der Waals surface area contributed by atoms with E-state index in [2.05, 4.69) is 10.6 Å². The summed E-state index contributed by atoms with van der Waals surface area (Å²) in [5, 5.41) is 6.27. The number of methoxy groups -OCH3 is 1. The van der Waals surface area contributed by atoms with Gasteiger partial charge < -0.3 is 19.9 Å². The summed E-state index contributed by atoms with van der Waals surface area (Å²) in [6, 6.07) is 4.86. The molecule has 2 N–H and O–H groups in total. The van der Waals surface area contributed by atoms with E-state index in [0.717, 1.165) is 25.9 Å². The minimum atomic E-state index is -0.166. The molecule has 1 aromatic rings. The number of aromatic nitrogens is 1. The summed E-state index contributed by atoms with van der Waals surface area (Å²) in [7, 11) is 1.69. The molecule has 0 saturated carbocycles. The molecule has 2 rings (SSSR count). The van der Waals surface area contributed by atoms with Crippen molar-refractivity contribution in [3.8, 4) is 0 Å². The third kappa shape index (κ3) is 4.41. The van der Waals surface area contributed by atoms with E-state index in [1.165, 1.54) is 10.6 Å². The van der Waals surface area contributed by atoms with Crippen LogP contribution in [-0.4, -0.2) is 43.8 Å². The Hall–Kier alpha value is -1.66. The number of pyridine rings is 1. The molecule has 0 radical (unpaired) electrons. The van der Waals surface area contributed by atoms with E-state index in [1.807, 2.05) is 0 Å². The predicted molar refractivity (Wildman–Crippen MR) is 80.1 cm³/mol. The Morgan fingerprint density at radius 1 is 1.43 bits per heavy atom. The Morgan fingerprint density at radius 2 is 2.19 bits per heavy atom. The maximum Gasteiger partial charge on any atom is 0.250 e. The van der Waals surface area contributed by atoms with Gasteiger partial charge in [0.05, 0.1) is 6.61 Å². The lowest BCUT2D eigenvalue weighted by Crippen LogP contribution is -2.47. The molecule has 0 spiro atoms. The van der Waals surface area contributed by atoms with Gasteiger partial charge in [0.25, 0.3) is 5.56 Å². The molecule has 2 heterocycles. The lowest BCUT2D eigenvalue weighted by molar-refractivity contribution is -0.122. The minimum Gasteiger partial charge on any atom is -0.384 e. The van der Waals surface area contributed by atoms with Crippen molar-refractivity contribution in [2.75, 3.05) is 33.4 Å². The Labute approximate surface area is 124 Å². The van der Waals surface area contributed by atoms with Crippen molar-refractivity contribution in [3.05, 3.63) is 34.7 Å². The summed E-state index contributed by atoms with van der Waals surface area (Å²) in [6.07, 6.45) is 3.58. The van der Waals surface area contributed by atoms with Crippen molar-refractivity contribution >= 4 is 5.91 Å². The molecule has 0 aliphatic carbocycles. The average Bonchev–Trinajstić information content (AvgIpc) is 2.49. The highest BCUT2D eigenvalue weighted by molar-refractivity contribution is 5.75. The number of nitrogens with one attached hydrogen (secondary N) is 2. The van der Waals surface area contributed by atoms with Crippen molar-refractivity contribution in [1.82, 2.24) is 15.2 Å². The van der Waals surface area contributed by atoms with Crippen LogP contribution in [0.2, 0.25) is 0 Å². The fourth-order valence-corrected chi connectivity index (χ4v) is 2.72. The van der Waals surface area contributed by atoms with Gasteiger partial charge in [-0.15, -0.1) is 0 Å². The summed E-state index contributed by atoms with van der Waals surface area (Å²) in [4.78, 5) is 23.6. The monoisotopic (exact) mass is 293 g/mol. The molecule has 6 heteroatoms. The highest BCUT2D eigenvalue weighted by Crippen LogP contribution is 2.28. The maximum absolute atomic E-state index is 12.0. The number of piperidine rings is 1. The fraction of sp³-hybridized carbons (Fsp3) is 0.600. The Kier molecular flexibility index (Phi) is 5.52. The molecular weight excluding hydrogens is 270 g/mol. The van der Waals surface area contributed by atoms with Crippen LogP contribution in [-0.2, 0) is 16.1 Å². The number of rotatable bonds is 6. The van der Waals surface area contributed by atoms with Crippen LogP contribution >= 0.6 is 0 Å². The molecule has 1 amide bonds. The molecule has 6 nitrogen and oxygen atoms in total. The number of carbonyl (C=O) groups is 1. The first kappa shape index (κ1) is 15.7. The van der Waals surface area contributed by atoms with Crippen LogP contribution in [0.3, 0.4) is 0 Å². The number of hydrogen-bond acceptors (Lipinski definition) is 4. The van der Waals surface area contributed by atoms with E-state index in [0.29, 0.717) is 13.2 Å². The number of carbonyl (C=O) groups excluding carboxylic acids is 1. The van der Waals surface area contributed by atoms with Crippen LogP contribution in [0.15, 0.2) is 29.2 Å². The lowest BCUT2D eigenvalue weighted by atomic mass is 9.79. The second kappa shape index (κ2) is 7.38. The van der Waals surface area contributed by atoms with Crippen LogP contribution in [0.4, 0.5) is 0 Å². The Bertz CT molecular complexity index is 515. The summed E-state index contributed by atoms with van der Waals surface area (Å²) in [6.45, 7) is 3.17. The molecular formula is C15H23N3O3. The first-order chi connectivity index (χ1) is 10.2. The molecule has 0 aromatic carbocycles.